The van der Waals surface area contributed by atoms with Gasteiger partial charge < -0.3 is 14.7 Å². The summed E-state index contributed by atoms with van der Waals surface area (Å²) in [6.07, 6.45) is 25.2. The number of carbonyl (C=O) groups is 1. The first-order chi connectivity index (χ1) is 20.6. The zero-order valence-corrected chi connectivity index (χ0v) is 29.1. The van der Waals surface area contributed by atoms with E-state index in [2.05, 4.69) is 24.4 Å². The zero-order chi connectivity index (χ0) is 31.7. The van der Waals surface area contributed by atoms with E-state index in [0.29, 0.717) is 17.4 Å². The molecule has 0 aliphatic heterocycles. The smallest absolute Gasteiger partial charge is 0.329 e. The number of likely N-dealkylation sites (N-methyl/N-ethyl adjacent to an activating group) is 1. The SMILES string of the molecule is CCCCCC(=O)Nc1ccc(CCCCCCCCCCCCCCCCCCOP(=O)(O)OCC[N+](C)(C)C)cc1. The topological polar surface area (TPSA) is 84.9 Å². The second-order valence-corrected chi connectivity index (χ2v) is 14.7. The van der Waals surface area contributed by atoms with Crippen molar-refractivity contribution in [1.29, 1.82) is 0 Å². The van der Waals surface area contributed by atoms with Crippen LogP contribution in [-0.2, 0) is 24.8 Å². The number of benzene rings is 1. The van der Waals surface area contributed by atoms with Crippen molar-refractivity contribution in [2.75, 3.05) is 46.2 Å². The van der Waals surface area contributed by atoms with Gasteiger partial charge in [-0.2, -0.15) is 0 Å². The molecular weight excluding hydrogens is 559 g/mol. The molecule has 1 atom stereocenters. The lowest BCUT2D eigenvalue weighted by Gasteiger charge is -2.24. The van der Waals surface area contributed by atoms with E-state index in [4.69, 9.17) is 9.05 Å². The molecule has 1 amide bonds. The summed E-state index contributed by atoms with van der Waals surface area (Å²) in [6, 6.07) is 8.39. The van der Waals surface area contributed by atoms with Gasteiger partial charge in [-0.3, -0.25) is 13.8 Å². The number of hydrogen-bond acceptors (Lipinski definition) is 4. The van der Waals surface area contributed by atoms with Gasteiger partial charge in [0.05, 0.1) is 27.7 Å². The van der Waals surface area contributed by atoms with E-state index in [1.807, 2.05) is 33.3 Å². The lowest BCUT2D eigenvalue weighted by Crippen LogP contribution is -2.37. The Bertz CT molecular complexity index is 857. The summed E-state index contributed by atoms with van der Waals surface area (Å²) in [5.41, 5.74) is 2.28. The molecule has 8 heteroatoms. The number of carbonyl (C=O) groups excluding carboxylic acids is 1. The molecule has 0 aliphatic carbocycles. The molecule has 0 radical (unpaired) electrons. The summed E-state index contributed by atoms with van der Waals surface area (Å²) in [5.74, 6) is 0.126. The molecule has 7 nitrogen and oxygen atoms in total. The Morgan fingerprint density at radius 2 is 1.16 bits per heavy atom. The summed E-state index contributed by atoms with van der Waals surface area (Å²) in [4.78, 5) is 21.7. The van der Waals surface area contributed by atoms with Crippen LogP contribution in [0.5, 0.6) is 0 Å². The number of aryl methyl sites for hydroxylation is 1. The highest BCUT2D eigenvalue weighted by Gasteiger charge is 2.22. The number of unbranched alkanes of at least 4 members (excludes halogenated alkanes) is 17. The molecule has 2 N–H and O–H groups in total. The highest BCUT2D eigenvalue weighted by atomic mass is 31.2. The van der Waals surface area contributed by atoms with E-state index >= 15 is 0 Å². The van der Waals surface area contributed by atoms with E-state index in [0.717, 1.165) is 50.6 Å². The maximum absolute atomic E-state index is 12.0. The average molecular weight is 626 g/mol. The van der Waals surface area contributed by atoms with Crippen LogP contribution in [0.4, 0.5) is 5.69 Å². The van der Waals surface area contributed by atoms with Crippen molar-refractivity contribution in [1.82, 2.24) is 0 Å². The van der Waals surface area contributed by atoms with Crippen LogP contribution in [0.3, 0.4) is 0 Å². The van der Waals surface area contributed by atoms with Crippen molar-refractivity contribution in [3.8, 4) is 0 Å². The predicted octanol–water partition coefficient (Wildman–Crippen LogP) is 9.83. The van der Waals surface area contributed by atoms with Gasteiger partial charge in [0.2, 0.25) is 5.91 Å². The zero-order valence-electron chi connectivity index (χ0n) is 28.3. The molecule has 0 spiro atoms. The van der Waals surface area contributed by atoms with Crippen LogP contribution in [0, 0.1) is 0 Å². The standard InChI is InChI=1S/C35H65N2O5P/c1-5-6-21-25-35(38)36-34-28-26-33(27-29-34)24-22-19-17-15-13-11-9-7-8-10-12-14-16-18-20-23-31-41-43(39,40)42-32-30-37(2,3)4/h26-29H,5-25,30-32H2,1-4H3,(H-,36,38,39,40)/p+1. The number of nitrogens with zero attached hydrogens (tertiary/aromatic N) is 1. The Kier molecular flexibility index (Phi) is 23.1. The number of amides is 1. The van der Waals surface area contributed by atoms with Gasteiger partial charge in [0.1, 0.15) is 13.2 Å². The van der Waals surface area contributed by atoms with E-state index in [9.17, 15) is 14.3 Å². The van der Waals surface area contributed by atoms with E-state index in [-0.39, 0.29) is 19.1 Å². The number of nitrogens with one attached hydrogen (secondary N) is 1. The fraction of sp³-hybridized carbons (Fsp3) is 0.800. The Labute approximate surface area is 264 Å². The Balaban J connectivity index is 1.83. The molecule has 43 heavy (non-hydrogen) atoms. The van der Waals surface area contributed by atoms with Crippen LogP contribution in [0.25, 0.3) is 0 Å². The second kappa shape index (κ2) is 25.0. The molecule has 0 fully saturated rings. The van der Waals surface area contributed by atoms with Gasteiger partial charge in [0.15, 0.2) is 0 Å². The molecule has 0 saturated carbocycles. The van der Waals surface area contributed by atoms with Crippen molar-refractivity contribution in [3.05, 3.63) is 29.8 Å². The third-order valence-electron chi connectivity index (χ3n) is 7.88. The maximum atomic E-state index is 12.0. The Morgan fingerprint density at radius 3 is 1.65 bits per heavy atom. The van der Waals surface area contributed by atoms with Crippen LogP contribution in [0.2, 0.25) is 0 Å². The molecule has 1 aromatic rings. The van der Waals surface area contributed by atoms with Gasteiger partial charge in [0.25, 0.3) is 0 Å². The van der Waals surface area contributed by atoms with Crippen molar-refractivity contribution in [3.63, 3.8) is 0 Å². The molecule has 1 unspecified atom stereocenters. The first-order valence-electron chi connectivity index (χ1n) is 17.4. The minimum atomic E-state index is -3.91. The number of hydrogen-bond donors (Lipinski definition) is 2. The van der Waals surface area contributed by atoms with Crippen LogP contribution in [0.15, 0.2) is 24.3 Å². The van der Waals surface area contributed by atoms with Gasteiger partial charge in [-0.05, 0) is 43.4 Å². The fourth-order valence-electron chi connectivity index (χ4n) is 5.07. The van der Waals surface area contributed by atoms with Crippen LogP contribution in [0.1, 0.15) is 141 Å². The predicted molar refractivity (Wildman–Crippen MR) is 181 cm³/mol. The number of phosphoric acid groups is 1. The molecule has 0 aliphatic rings. The van der Waals surface area contributed by atoms with Crippen LogP contribution < -0.4 is 5.32 Å². The monoisotopic (exact) mass is 625 g/mol. The molecule has 0 heterocycles. The second-order valence-electron chi connectivity index (χ2n) is 13.3. The molecule has 0 saturated heterocycles. The number of quaternary nitrogens is 1. The molecule has 0 aromatic heterocycles. The van der Waals surface area contributed by atoms with Crippen LogP contribution in [-0.4, -0.2) is 56.2 Å². The summed E-state index contributed by atoms with van der Waals surface area (Å²) in [7, 11) is 2.14. The van der Waals surface area contributed by atoms with Crippen molar-refractivity contribution in [2.45, 2.75) is 142 Å². The minimum absolute atomic E-state index is 0.126. The molecular formula is C35H66N2O5P+. The highest BCUT2D eigenvalue weighted by molar-refractivity contribution is 7.47. The molecule has 0 bridgehead atoms. The number of phosphoric ester groups is 1. The van der Waals surface area contributed by atoms with Crippen molar-refractivity contribution < 1.29 is 27.8 Å². The van der Waals surface area contributed by atoms with Gasteiger partial charge in [-0.1, -0.05) is 122 Å². The Hall–Kier alpha value is -1.24. The normalized spacial score (nSPS) is 13.2. The lowest BCUT2D eigenvalue weighted by atomic mass is 10.0. The third-order valence-corrected chi connectivity index (χ3v) is 8.89. The summed E-state index contributed by atoms with van der Waals surface area (Å²) < 4.78 is 22.7. The van der Waals surface area contributed by atoms with Crippen LogP contribution >= 0.6 is 7.82 Å². The molecule has 1 aromatic carbocycles. The Morgan fingerprint density at radius 1 is 0.698 bits per heavy atom. The van der Waals surface area contributed by atoms with Gasteiger partial charge >= 0.3 is 7.82 Å². The number of rotatable bonds is 29. The van der Waals surface area contributed by atoms with Crippen molar-refractivity contribution in [2.24, 2.45) is 0 Å². The number of anilines is 1. The minimum Gasteiger partial charge on any atom is -0.329 e. The van der Waals surface area contributed by atoms with E-state index in [1.54, 1.807) is 0 Å². The molecule has 250 valence electrons. The maximum Gasteiger partial charge on any atom is 0.472 e. The van der Waals surface area contributed by atoms with Gasteiger partial charge in [-0.25, -0.2) is 4.57 Å². The van der Waals surface area contributed by atoms with E-state index in [1.165, 1.54) is 89.0 Å². The third kappa shape index (κ3) is 25.8. The van der Waals surface area contributed by atoms with Gasteiger partial charge in [-0.15, -0.1) is 0 Å². The summed E-state index contributed by atoms with van der Waals surface area (Å²) >= 11 is 0. The summed E-state index contributed by atoms with van der Waals surface area (Å²) in [5, 5.41) is 3.01. The van der Waals surface area contributed by atoms with Crippen molar-refractivity contribution >= 4 is 19.4 Å². The molecule has 1 rings (SSSR count). The quantitative estimate of drug-likeness (QED) is 0.0526. The fourth-order valence-corrected chi connectivity index (χ4v) is 5.81. The highest BCUT2D eigenvalue weighted by Crippen LogP contribution is 2.43. The van der Waals surface area contributed by atoms with Gasteiger partial charge in [0, 0.05) is 12.1 Å². The van der Waals surface area contributed by atoms with E-state index < -0.39 is 7.82 Å². The summed E-state index contributed by atoms with van der Waals surface area (Å²) in [6.45, 7) is 3.32. The lowest BCUT2D eigenvalue weighted by molar-refractivity contribution is -0.870. The largest absolute Gasteiger partial charge is 0.472 e. The first-order valence-corrected chi connectivity index (χ1v) is 18.9. The average Bonchev–Trinajstić information content (AvgIpc) is 2.94. The first kappa shape index (κ1) is 39.8.